The van der Waals surface area contributed by atoms with Gasteiger partial charge >= 0.3 is 0 Å². The van der Waals surface area contributed by atoms with Crippen LogP contribution in [0, 0.1) is 11.3 Å². The van der Waals surface area contributed by atoms with Gasteiger partial charge in [0.25, 0.3) is 0 Å². The Hall–Kier alpha value is -1.65. The Bertz CT molecular complexity index is 518. The summed E-state index contributed by atoms with van der Waals surface area (Å²) in [6, 6.07) is 4.38. The van der Waals surface area contributed by atoms with E-state index in [9.17, 15) is 8.42 Å². The molecule has 0 saturated heterocycles. The van der Waals surface area contributed by atoms with E-state index in [0.717, 1.165) is 4.31 Å². The van der Waals surface area contributed by atoms with E-state index in [1.165, 1.54) is 25.4 Å². The van der Waals surface area contributed by atoms with Gasteiger partial charge in [0.05, 0.1) is 12.5 Å². The molecule has 0 fully saturated rings. The first-order chi connectivity index (χ1) is 7.89. The van der Waals surface area contributed by atoms with Crippen molar-refractivity contribution >= 4 is 15.8 Å². The standard InChI is InChI=1S/C10H14N4O2S/c1-8(5-6-11)14(2)17(15,16)9-3-4-10(12)13-7-9/h3-4,7-8H,5H2,1-2H3,(H2,12,13). The summed E-state index contributed by atoms with van der Waals surface area (Å²) < 4.78 is 25.3. The fraction of sp³-hybridized carbons (Fsp3) is 0.400. The molecule has 1 aromatic rings. The highest BCUT2D eigenvalue weighted by Gasteiger charge is 2.25. The second-order valence-electron chi connectivity index (χ2n) is 3.65. The quantitative estimate of drug-likeness (QED) is 0.847. The van der Waals surface area contributed by atoms with Gasteiger partial charge in [0.1, 0.15) is 10.7 Å². The van der Waals surface area contributed by atoms with Crippen LogP contribution in [0.15, 0.2) is 23.2 Å². The zero-order valence-corrected chi connectivity index (χ0v) is 10.5. The molecule has 0 aliphatic heterocycles. The zero-order valence-electron chi connectivity index (χ0n) is 9.66. The molecular weight excluding hydrogens is 240 g/mol. The van der Waals surface area contributed by atoms with Gasteiger partial charge in [-0.3, -0.25) is 0 Å². The maximum Gasteiger partial charge on any atom is 0.244 e. The number of nitriles is 1. The van der Waals surface area contributed by atoms with E-state index in [4.69, 9.17) is 11.0 Å². The van der Waals surface area contributed by atoms with E-state index in [-0.39, 0.29) is 23.2 Å². The first-order valence-corrected chi connectivity index (χ1v) is 6.40. The van der Waals surface area contributed by atoms with Crippen LogP contribution in [0.25, 0.3) is 0 Å². The number of hydrogen-bond acceptors (Lipinski definition) is 5. The highest BCUT2D eigenvalue weighted by Crippen LogP contribution is 2.17. The topological polar surface area (TPSA) is 100 Å². The fourth-order valence-corrected chi connectivity index (χ4v) is 2.51. The van der Waals surface area contributed by atoms with Crippen molar-refractivity contribution in [1.29, 1.82) is 5.26 Å². The van der Waals surface area contributed by atoms with Gasteiger partial charge in [-0.15, -0.1) is 0 Å². The second-order valence-corrected chi connectivity index (χ2v) is 5.65. The van der Waals surface area contributed by atoms with E-state index in [0.29, 0.717) is 0 Å². The Morgan fingerprint density at radius 2 is 2.24 bits per heavy atom. The molecule has 7 heteroatoms. The first kappa shape index (κ1) is 13.4. The number of nitrogen functional groups attached to an aromatic ring is 1. The largest absolute Gasteiger partial charge is 0.384 e. The molecule has 0 bridgehead atoms. The highest BCUT2D eigenvalue weighted by molar-refractivity contribution is 7.89. The molecule has 1 atom stereocenters. The first-order valence-electron chi connectivity index (χ1n) is 4.96. The van der Waals surface area contributed by atoms with Crippen LogP contribution in [0.4, 0.5) is 5.82 Å². The van der Waals surface area contributed by atoms with Gasteiger partial charge in [0.15, 0.2) is 0 Å². The molecule has 0 aliphatic carbocycles. The predicted octanol–water partition coefficient (Wildman–Crippen LogP) is 0.586. The number of sulfonamides is 1. The van der Waals surface area contributed by atoms with Crippen molar-refractivity contribution in [1.82, 2.24) is 9.29 Å². The number of anilines is 1. The molecule has 6 nitrogen and oxygen atoms in total. The number of pyridine rings is 1. The summed E-state index contributed by atoms with van der Waals surface area (Å²) in [4.78, 5) is 3.81. The number of hydrogen-bond donors (Lipinski definition) is 1. The Labute approximate surface area is 101 Å². The Kier molecular flexibility index (Phi) is 4.04. The molecule has 0 radical (unpaired) electrons. The molecule has 0 spiro atoms. The van der Waals surface area contributed by atoms with E-state index < -0.39 is 10.0 Å². The predicted molar refractivity (Wildman–Crippen MR) is 63.3 cm³/mol. The van der Waals surface area contributed by atoms with Crippen molar-refractivity contribution in [3.8, 4) is 6.07 Å². The molecule has 1 heterocycles. The van der Waals surface area contributed by atoms with Gasteiger partial charge < -0.3 is 5.73 Å². The van der Waals surface area contributed by atoms with E-state index in [1.54, 1.807) is 6.92 Å². The summed E-state index contributed by atoms with van der Waals surface area (Å²) in [6.45, 7) is 1.67. The number of nitrogens with zero attached hydrogens (tertiary/aromatic N) is 3. The van der Waals surface area contributed by atoms with Crippen LogP contribution in [0.5, 0.6) is 0 Å². The lowest BCUT2D eigenvalue weighted by Gasteiger charge is -2.22. The SMILES string of the molecule is CC(CC#N)N(C)S(=O)(=O)c1ccc(N)nc1. The van der Waals surface area contributed by atoms with Crippen LogP contribution in [0.3, 0.4) is 0 Å². The molecule has 1 unspecified atom stereocenters. The van der Waals surface area contributed by atoms with Gasteiger partial charge in [0.2, 0.25) is 10.0 Å². The zero-order chi connectivity index (χ0) is 13.1. The Balaban J connectivity index is 3.03. The normalized spacial score (nSPS) is 13.3. The van der Waals surface area contributed by atoms with Crippen LogP contribution >= 0.6 is 0 Å². The number of rotatable bonds is 4. The minimum absolute atomic E-state index is 0.0685. The van der Waals surface area contributed by atoms with Crippen molar-refractivity contribution in [3.63, 3.8) is 0 Å². The van der Waals surface area contributed by atoms with Crippen LogP contribution in [-0.4, -0.2) is 30.8 Å². The summed E-state index contributed by atoms with van der Waals surface area (Å²) in [7, 11) is -2.17. The third-order valence-electron chi connectivity index (χ3n) is 2.44. The Morgan fingerprint density at radius 1 is 1.59 bits per heavy atom. The van der Waals surface area contributed by atoms with Crippen LogP contribution in [0.2, 0.25) is 0 Å². The van der Waals surface area contributed by atoms with Crippen LogP contribution < -0.4 is 5.73 Å². The fourth-order valence-electron chi connectivity index (χ4n) is 1.21. The van der Waals surface area contributed by atoms with Crippen molar-refractivity contribution < 1.29 is 8.42 Å². The van der Waals surface area contributed by atoms with Crippen molar-refractivity contribution in [2.45, 2.75) is 24.3 Å². The second kappa shape index (κ2) is 5.12. The maximum absolute atomic E-state index is 12.1. The monoisotopic (exact) mass is 254 g/mol. The minimum Gasteiger partial charge on any atom is -0.384 e. The molecule has 0 aromatic carbocycles. The van der Waals surface area contributed by atoms with Gasteiger partial charge in [-0.2, -0.15) is 9.57 Å². The summed E-state index contributed by atoms with van der Waals surface area (Å²) in [5.41, 5.74) is 5.39. The molecule has 1 rings (SSSR count). The van der Waals surface area contributed by atoms with Gasteiger partial charge in [-0.1, -0.05) is 0 Å². The third-order valence-corrected chi connectivity index (χ3v) is 4.40. The molecule has 2 N–H and O–H groups in total. The van der Waals surface area contributed by atoms with E-state index in [1.807, 2.05) is 6.07 Å². The van der Waals surface area contributed by atoms with E-state index in [2.05, 4.69) is 4.98 Å². The summed E-state index contributed by atoms with van der Waals surface area (Å²) in [6.07, 6.45) is 1.35. The molecule has 0 saturated carbocycles. The molecule has 92 valence electrons. The lowest BCUT2D eigenvalue weighted by Crippen LogP contribution is -2.34. The lowest BCUT2D eigenvalue weighted by atomic mass is 10.3. The summed E-state index contributed by atoms with van der Waals surface area (Å²) >= 11 is 0. The molecule has 1 aromatic heterocycles. The Morgan fingerprint density at radius 3 is 2.71 bits per heavy atom. The minimum atomic E-state index is -3.61. The van der Waals surface area contributed by atoms with Crippen LogP contribution in [0.1, 0.15) is 13.3 Å². The number of aromatic nitrogens is 1. The molecule has 17 heavy (non-hydrogen) atoms. The number of nitrogens with two attached hydrogens (primary N) is 1. The van der Waals surface area contributed by atoms with Crippen molar-refractivity contribution in [2.75, 3.05) is 12.8 Å². The van der Waals surface area contributed by atoms with Crippen LogP contribution in [-0.2, 0) is 10.0 Å². The summed E-state index contributed by atoms with van der Waals surface area (Å²) in [5, 5.41) is 8.56. The van der Waals surface area contributed by atoms with Gasteiger partial charge in [-0.05, 0) is 19.1 Å². The molecule has 0 aliphatic rings. The van der Waals surface area contributed by atoms with E-state index >= 15 is 0 Å². The van der Waals surface area contributed by atoms with Crippen molar-refractivity contribution in [2.24, 2.45) is 0 Å². The van der Waals surface area contributed by atoms with Crippen molar-refractivity contribution in [3.05, 3.63) is 18.3 Å². The molecule has 0 amide bonds. The van der Waals surface area contributed by atoms with Gasteiger partial charge in [0, 0.05) is 19.3 Å². The van der Waals surface area contributed by atoms with Gasteiger partial charge in [-0.25, -0.2) is 13.4 Å². The molecular formula is C10H14N4O2S. The smallest absolute Gasteiger partial charge is 0.244 e. The average molecular weight is 254 g/mol. The lowest BCUT2D eigenvalue weighted by molar-refractivity contribution is 0.393. The summed E-state index contributed by atoms with van der Waals surface area (Å²) in [5.74, 6) is 0.261. The average Bonchev–Trinajstić information content (AvgIpc) is 2.29. The highest BCUT2D eigenvalue weighted by atomic mass is 32.2. The third kappa shape index (κ3) is 2.93. The maximum atomic E-state index is 12.1.